The predicted molar refractivity (Wildman–Crippen MR) is 65.1 cm³/mol. The Morgan fingerprint density at radius 2 is 2.24 bits per heavy atom. The highest BCUT2D eigenvalue weighted by Crippen LogP contribution is 2.33. The molecule has 0 saturated heterocycles. The highest BCUT2D eigenvalue weighted by Gasteiger charge is 2.46. The van der Waals surface area contributed by atoms with Crippen LogP contribution in [0.5, 0.6) is 0 Å². The zero-order chi connectivity index (χ0) is 12.5. The van der Waals surface area contributed by atoms with E-state index in [0.29, 0.717) is 12.8 Å². The van der Waals surface area contributed by atoms with E-state index in [1.54, 1.807) is 6.92 Å². The van der Waals surface area contributed by atoms with Crippen LogP contribution in [-0.2, 0) is 9.59 Å². The van der Waals surface area contributed by atoms with Gasteiger partial charge in [-0.15, -0.1) is 11.3 Å². The minimum Gasteiger partial charge on any atom is -0.480 e. The van der Waals surface area contributed by atoms with Crippen molar-refractivity contribution in [1.82, 2.24) is 5.32 Å². The standard InChI is InChI=1S/C12H15NO3S/c1-8(9-4-2-7-17-9)10(14)13-12(11(15)16)5-3-6-12/h2,4,7-8H,3,5-6H2,1H3,(H,13,14)(H,15,16). The summed E-state index contributed by atoms with van der Waals surface area (Å²) in [6.45, 7) is 1.80. The van der Waals surface area contributed by atoms with E-state index in [0.717, 1.165) is 11.3 Å². The number of carboxylic acid groups (broad SMARTS) is 1. The number of nitrogens with one attached hydrogen (secondary N) is 1. The molecule has 4 nitrogen and oxygen atoms in total. The molecule has 1 aliphatic rings. The molecule has 1 fully saturated rings. The summed E-state index contributed by atoms with van der Waals surface area (Å²) in [6.07, 6.45) is 1.93. The van der Waals surface area contributed by atoms with E-state index in [1.807, 2.05) is 17.5 Å². The highest BCUT2D eigenvalue weighted by atomic mass is 32.1. The third-order valence-corrected chi connectivity index (χ3v) is 4.40. The minimum atomic E-state index is -1.01. The maximum atomic E-state index is 12.0. The van der Waals surface area contributed by atoms with Crippen LogP contribution in [0.1, 0.15) is 37.0 Å². The molecule has 0 radical (unpaired) electrons. The largest absolute Gasteiger partial charge is 0.480 e. The molecule has 1 aromatic rings. The smallest absolute Gasteiger partial charge is 0.329 e. The van der Waals surface area contributed by atoms with Crippen LogP contribution in [0.4, 0.5) is 0 Å². The summed E-state index contributed by atoms with van der Waals surface area (Å²) in [5, 5.41) is 13.7. The third-order valence-electron chi connectivity index (χ3n) is 3.34. The molecule has 0 bridgehead atoms. The number of aliphatic carboxylic acids is 1. The van der Waals surface area contributed by atoms with E-state index in [4.69, 9.17) is 5.11 Å². The number of hydrogen-bond acceptors (Lipinski definition) is 3. The van der Waals surface area contributed by atoms with E-state index in [-0.39, 0.29) is 11.8 Å². The molecular formula is C12H15NO3S. The van der Waals surface area contributed by atoms with Gasteiger partial charge in [-0.1, -0.05) is 6.07 Å². The van der Waals surface area contributed by atoms with Gasteiger partial charge in [-0.05, 0) is 37.6 Å². The number of carboxylic acids is 1. The van der Waals surface area contributed by atoms with Crippen LogP contribution >= 0.6 is 11.3 Å². The van der Waals surface area contributed by atoms with Gasteiger partial charge in [0.25, 0.3) is 0 Å². The van der Waals surface area contributed by atoms with Gasteiger partial charge in [0.05, 0.1) is 5.92 Å². The van der Waals surface area contributed by atoms with Crippen molar-refractivity contribution < 1.29 is 14.7 Å². The first-order chi connectivity index (χ1) is 8.05. The predicted octanol–water partition coefficient (Wildman–Crippen LogP) is 1.98. The Balaban J connectivity index is 2.04. The van der Waals surface area contributed by atoms with Crippen LogP contribution in [0, 0.1) is 0 Å². The van der Waals surface area contributed by atoms with Crippen molar-refractivity contribution in [3.63, 3.8) is 0 Å². The lowest BCUT2D eigenvalue weighted by atomic mass is 9.76. The van der Waals surface area contributed by atoms with E-state index in [9.17, 15) is 9.59 Å². The van der Waals surface area contributed by atoms with Crippen molar-refractivity contribution in [2.75, 3.05) is 0 Å². The maximum absolute atomic E-state index is 12.0. The van der Waals surface area contributed by atoms with Crippen LogP contribution in [-0.4, -0.2) is 22.5 Å². The van der Waals surface area contributed by atoms with Gasteiger partial charge < -0.3 is 10.4 Å². The lowest BCUT2D eigenvalue weighted by Gasteiger charge is -2.38. The molecular weight excluding hydrogens is 238 g/mol. The van der Waals surface area contributed by atoms with Crippen LogP contribution < -0.4 is 5.32 Å². The maximum Gasteiger partial charge on any atom is 0.329 e. The second-order valence-corrected chi connectivity index (χ2v) is 5.45. The molecule has 1 heterocycles. The van der Waals surface area contributed by atoms with Crippen molar-refractivity contribution in [2.24, 2.45) is 0 Å². The first kappa shape index (κ1) is 12.1. The molecule has 0 aromatic carbocycles. The summed E-state index contributed by atoms with van der Waals surface area (Å²) in [6, 6.07) is 3.78. The molecule has 1 saturated carbocycles. The first-order valence-electron chi connectivity index (χ1n) is 5.64. The van der Waals surface area contributed by atoms with Crippen LogP contribution in [0.3, 0.4) is 0 Å². The summed E-state index contributed by atoms with van der Waals surface area (Å²) < 4.78 is 0. The van der Waals surface area contributed by atoms with Gasteiger partial charge in [-0.3, -0.25) is 4.79 Å². The Morgan fingerprint density at radius 1 is 1.53 bits per heavy atom. The normalized spacial score (nSPS) is 19.1. The van der Waals surface area contributed by atoms with Crippen molar-refractivity contribution in [3.05, 3.63) is 22.4 Å². The van der Waals surface area contributed by atoms with Gasteiger partial charge in [-0.2, -0.15) is 0 Å². The fraction of sp³-hybridized carbons (Fsp3) is 0.500. The summed E-state index contributed by atoms with van der Waals surface area (Å²) in [4.78, 5) is 24.1. The highest BCUT2D eigenvalue weighted by molar-refractivity contribution is 7.10. The average molecular weight is 253 g/mol. The summed E-state index contributed by atoms with van der Waals surface area (Å²) in [5.41, 5.74) is -1.01. The van der Waals surface area contributed by atoms with E-state index in [2.05, 4.69) is 5.32 Å². The molecule has 1 unspecified atom stereocenters. The summed E-state index contributed by atoms with van der Waals surface area (Å²) in [7, 11) is 0. The fourth-order valence-electron chi connectivity index (χ4n) is 1.93. The molecule has 1 aromatic heterocycles. The number of rotatable bonds is 4. The van der Waals surface area contributed by atoms with Crippen LogP contribution in [0.15, 0.2) is 17.5 Å². The zero-order valence-electron chi connectivity index (χ0n) is 9.60. The Morgan fingerprint density at radius 3 is 2.65 bits per heavy atom. The van der Waals surface area contributed by atoms with Crippen LogP contribution in [0.25, 0.3) is 0 Å². The number of thiophene rings is 1. The average Bonchev–Trinajstić information content (AvgIpc) is 2.74. The Bertz CT molecular complexity index is 423. The van der Waals surface area contributed by atoms with Crippen molar-refractivity contribution >= 4 is 23.2 Å². The van der Waals surface area contributed by atoms with Gasteiger partial charge in [0.2, 0.25) is 5.91 Å². The number of carbonyl (C=O) groups excluding carboxylic acids is 1. The van der Waals surface area contributed by atoms with E-state index < -0.39 is 11.5 Å². The second-order valence-electron chi connectivity index (χ2n) is 4.47. The Labute approximate surface area is 104 Å². The molecule has 17 heavy (non-hydrogen) atoms. The van der Waals surface area contributed by atoms with Crippen LogP contribution in [0.2, 0.25) is 0 Å². The van der Waals surface area contributed by atoms with Gasteiger partial charge in [0.15, 0.2) is 0 Å². The summed E-state index contributed by atoms with van der Waals surface area (Å²) >= 11 is 1.51. The summed E-state index contributed by atoms with van der Waals surface area (Å²) in [5.74, 6) is -1.41. The molecule has 1 atom stereocenters. The van der Waals surface area contributed by atoms with Gasteiger partial charge in [0.1, 0.15) is 5.54 Å². The SMILES string of the molecule is CC(C(=O)NC1(C(=O)O)CCC1)c1cccs1. The zero-order valence-corrected chi connectivity index (χ0v) is 10.4. The molecule has 2 N–H and O–H groups in total. The molecule has 1 amide bonds. The Hall–Kier alpha value is -1.36. The lowest BCUT2D eigenvalue weighted by Crippen LogP contribution is -2.59. The third kappa shape index (κ3) is 2.20. The monoisotopic (exact) mass is 253 g/mol. The van der Waals surface area contributed by atoms with E-state index >= 15 is 0 Å². The lowest BCUT2D eigenvalue weighted by molar-refractivity contribution is -0.152. The van der Waals surface area contributed by atoms with Crippen molar-refractivity contribution in [1.29, 1.82) is 0 Å². The molecule has 0 aliphatic heterocycles. The number of carbonyl (C=O) groups is 2. The second kappa shape index (κ2) is 4.49. The number of amides is 1. The molecule has 0 spiro atoms. The van der Waals surface area contributed by atoms with E-state index in [1.165, 1.54) is 11.3 Å². The van der Waals surface area contributed by atoms with Crippen molar-refractivity contribution in [3.8, 4) is 0 Å². The quantitative estimate of drug-likeness (QED) is 0.862. The van der Waals surface area contributed by atoms with Gasteiger partial charge in [0, 0.05) is 4.88 Å². The molecule has 92 valence electrons. The fourth-order valence-corrected chi connectivity index (χ4v) is 2.72. The molecule has 2 rings (SSSR count). The van der Waals surface area contributed by atoms with Gasteiger partial charge in [-0.25, -0.2) is 4.79 Å². The molecule has 1 aliphatic carbocycles. The molecule has 5 heteroatoms. The topological polar surface area (TPSA) is 66.4 Å². The minimum absolute atomic E-state index is 0.199. The van der Waals surface area contributed by atoms with Gasteiger partial charge >= 0.3 is 5.97 Å². The Kier molecular flexibility index (Phi) is 3.19. The van der Waals surface area contributed by atoms with Crippen molar-refractivity contribution in [2.45, 2.75) is 37.6 Å². The first-order valence-corrected chi connectivity index (χ1v) is 6.52. The number of hydrogen-bond donors (Lipinski definition) is 2.